The first-order valence-electron chi connectivity index (χ1n) is 10.5. The van der Waals surface area contributed by atoms with Crippen molar-refractivity contribution >= 4 is 16.9 Å². The third-order valence-electron chi connectivity index (χ3n) is 5.54. The van der Waals surface area contributed by atoms with Gasteiger partial charge in [0.25, 0.3) is 5.91 Å². The van der Waals surface area contributed by atoms with Gasteiger partial charge in [0.15, 0.2) is 18.2 Å². The largest absolute Gasteiger partial charge is 0.494 e. The molecule has 2 heterocycles. The highest BCUT2D eigenvalue weighted by atomic mass is 19.1. The molecule has 7 nitrogen and oxygen atoms in total. The summed E-state index contributed by atoms with van der Waals surface area (Å²) in [5.74, 6) is 0.144. The van der Waals surface area contributed by atoms with E-state index >= 15 is 0 Å². The van der Waals surface area contributed by atoms with Crippen molar-refractivity contribution in [3.05, 3.63) is 70.3 Å². The van der Waals surface area contributed by atoms with Crippen LogP contribution in [0.1, 0.15) is 18.4 Å². The lowest BCUT2D eigenvalue weighted by Gasteiger charge is -2.32. The molecule has 168 valence electrons. The number of carbonyl (C=O) groups excluding carboxylic acids is 1. The molecule has 8 heteroatoms. The van der Waals surface area contributed by atoms with Crippen molar-refractivity contribution in [2.45, 2.75) is 25.4 Å². The lowest BCUT2D eigenvalue weighted by molar-refractivity contribution is -0.124. The van der Waals surface area contributed by atoms with Gasteiger partial charge in [-0.3, -0.25) is 9.69 Å². The van der Waals surface area contributed by atoms with Gasteiger partial charge in [0, 0.05) is 43.2 Å². The fourth-order valence-corrected chi connectivity index (χ4v) is 3.85. The molecule has 2 aromatic carbocycles. The molecule has 1 fully saturated rings. The molecule has 4 rings (SSSR count). The van der Waals surface area contributed by atoms with Gasteiger partial charge >= 0.3 is 5.63 Å². The second kappa shape index (κ2) is 9.82. The normalized spacial score (nSPS) is 14.9. The SMILES string of the molecule is COc1ccc(CN2CCC(NC(=O)COc3ccc4ccc(=O)oc4c3)CC2)cc1F. The monoisotopic (exact) mass is 440 g/mol. The summed E-state index contributed by atoms with van der Waals surface area (Å²) in [7, 11) is 1.45. The summed E-state index contributed by atoms with van der Waals surface area (Å²) >= 11 is 0. The van der Waals surface area contributed by atoms with Crippen molar-refractivity contribution in [2.24, 2.45) is 0 Å². The van der Waals surface area contributed by atoms with Crippen molar-refractivity contribution in [1.29, 1.82) is 0 Å². The third kappa shape index (κ3) is 5.45. The highest BCUT2D eigenvalue weighted by Gasteiger charge is 2.21. The number of fused-ring (bicyclic) bond motifs is 1. The molecule has 1 amide bonds. The molecule has 1 saturated heterocycles. The van der Waals surface area contributed by atoms with Crippen LogP contribution in [0, 0.1) is 5.82 Å². The van der Waals surface area contributed by atoms with E-state index in [2.05, 4.69) is 10.2 Å². The summed E-state index contributed by atoms with van der Waals surface area (Å²) in [6, 6.07) is 13.2. The van der Waals surface area contributed by atoms with E-state index in [1.807, 2.05) is 6.07 Å². The lowest BCUT2D eigenvalue weighted by Crippen LogP contribution is -2.45. The molecule has 32 heavy (non-hydrogen) atoms. The van der Waals surface area contributed by atoms with Crippen LogP contribution in [0.15, 0.2) is 57.7 Å². The topological polar surface area (TPSA) is 81.0 Å². The number of hydrogen-bond donors (Lipinski definition) is 1. The number of methoxy groups -OCH3 is 1. The Morgan fingerprint density at radius 1 is 1.16 bits per heavy atom. The Morgan fingerprint density at radius 3 is 2.69 bits per heavy atom. The number of nitrogens with one attached hydrogen (secondary N) is 1. The van der Waals surface area contributed by atoms with Crippen molar-refractivity contribution < 1.29 is 23.1 Å². The maximum absolute atomic E-state index is 13.9. The molecule has 0 atom stereocenters. The van der Waals surface area contributed by atoms with Crippen LogP contribution in [0.4, 0.5) is 4.39 Å². The fourth-order valence-electron chi connectivity index (χ4n) is 3.85. The Labute approximate surface area is 184 Å². The molecule has 0 bridgehead atoms. The minimum Gasteiger partial charge on any atom is -0.494 e. The summed E-state index contributed by atoms with van der Waals surface area (Å²) in [4.78, 5) is 25.9. The van der Waals surface area contributed by atoms with Crippen molar-refractivity contribution in [3.63, 3.8) is 0 Å². The van der Waals surface area contributed by atoms with Crippen LogP contribution in [-0.2, 0) is 11.3 Å². The highest BCUT2D eigenvalue weighted by molar-refractivity contribution is 5.79. The van der Waals surface area contributed by atoms with Gasteiger partial charge in [0.1, 0.15) is 11.3 Å². The quantitative estimate of drug-likeness (QED) is 0.569. The Bertz CT molecular complexity index is 1150. The van der Waals surface area contributed by atoms with Gasteiger partial charge in [0.05, 0.1) is 7.11 Å². The van der Waals surface area contributed by atoms with Crippen molar-refractivity contribution in [2.75, 3.05) is 26.8 Å². The van der Waals surface area contributed by atoms with Gasteiger partial charge in [-0.05, 0) is 48.7 Å². The number of carbonyl (C=O) groups is 1. The van der Waals surface area contributed by atoms with E-state index in [1.165, 1.54) is 19.2 Å². The molecule has 0 radical (unpaired) electrons. The third-order valence-corrected chi connectivity index (χ3v) is 5.54. The number of benzene rings is 2. The minimum atomic E-state index is -0.434. The number of nitrogens with zero attached hydrogens (tertiary/aromatic N) is 1. The fraction of sp³-hybridized carbons (Fsp3) is 0.333. The first-order chi connectivity index (χ1) is 15.5. The van der Waals surface area contributed by atoms with Crippen molar-refractivity contribution in [1.82, 2.24) is 10.2 Å². The van der Waals surface area contributed by atoms with Crippen LogP contribution in [0.5, 0.6) is 11.5 Å². The van der Waals surface area contributed by atoms with Gasteiger partial charge in [-0.2, -0.15) is 0 Å². The molecule has 0 spiro atoms. The number of halogens is 1. The van der Waals surface area contributed by atoms with Gasteiger partial charge < -0.3 is 19.2 Å². The van der Waals surface area contributed by atoms with Crippen LogP contribution in [0.25, 0.3) is 11.0 Å². The van der Waals surface area contributed by atoms with Crippen LogP contribution in [0.2, 0.25) is 0 Å². The van der Waals surface area contributed by atoms with Gasteiger partial charge in [-0.1, -0.05) is 6.07 Å². The maximum Gasteiger partial charge on any atom is 0.336 e. The molecule has 1 aromatic heterocycles. The van der Waals surface area contributed by atoms with E-state index in [0.29, 0.717) is 17.9 Å². The molecule has 1 N–H and O–H groups in total. The molecular weight excluding hydrogens is 415 g/mol. The number of piperidine rings is 1. The maximum atomic E-state index is 13.9. The Hall–Kier alpha value is -3.39. The molecule has 0 saturated carbocycles. The standard InChI is InChI=1S/C24H25FN2O5/c1-30-21-6-2-16(12-20(21)25)14-27-10-8-18(9-11-27)26-23(28)15-31-19-5-3-17-4-7-24(29)32-22(17)13-19/h2-7,12-13,18H,8-11,14-15H2,1H3,(H,26,28). The second-order valence-corrected chi connectivity index (χ2v) is 7.83. The molecule has 3 aromatic rings. The Morgan fingerprint density at radius 2 is 1.94 bits per heavy atom. The average Bonchev–Trinajstić information content (AvgIpc) is 2.79. The summed E-state index contributed by atoms with van der Waals surface area (Å²) in [5, 5.41) is 3.79. The highest BCUT2D eigenvalue weighted by Crippen LogP contribution is 2.21. The number of amides is 1. The number of likely N-dealkylation sites (tertiary alicyclic amines) is 1. The first-order valence-corrected chi connectivity index (χ1v) is 10.5. The predicted octanol–water partition coefficient (Wildman–Crippen LogP) is 3.10. The van der Waals surface area contributed by atoms with E-state index in [0.717, 1.165) is 36.9 Å². The van der Waals surface area contributed by atoms with Gasteiger partial charge in [-0.25, -0.2) is 9.18 Å². The number of hydrogen-bond acceptors (Lipinski definition) is 6. The Kier molecular flexibility index (Phi) is 6.70. The molecule has 1 aliphatic rings. The van der Waals surface area contributed by atoms with E-state index < -0.39 is 5.63 Å². The second-order valence-electron chi connectivity index (χ2n) is 7.83. The van der Waals surface area contributed by atoms with Crippen LogP contribution >= 0.6 is 0 Å². The van der Waals surface area contributed by atoms with E-state index in [1.54, 1.807) is 30.3 Å². The lowest BCUT2D eigenvalue weighted by atomic mass is 10.0. The van der Waals surface area contributed by atoms with E-state index in [9.17, 15) is 14.0 Å². The Balaban J connectivity index is 1.22. The average molecular weight is 440 g/mol. The summed E-state index contributed by atoms with van der Waals surface area (Å²) in [5.41, 5.74) is 0.876. The summed E-state index contributed by atoms with van der Waals surface area (Å²) in [6.07, 6.45) is 1.62. The van der Waals surface area contributed by atoms with Gasteiger partial charge in [-0.15, -0.1) is 0 Å². The predicted molar refractivity (Wildman–Crippen MR) is 117 cm³/mol. The van der Waals surface area contributed by atoms with Crippen LogP contribution < -0.4 is 20.4 Å². The van der Waals surface area contributed by atoms with E-state index in [-0.39, 0.29) is 30.1 Å². The zero-order chi connectivity index (χ0) is 22.5. The number of ether oxygens (including phenoxy) is 2. The molecular formula is C24H25FN2O5. The molecule has 0 aliphatic carbocycles. The zero-order valence-electron chi connectivity index (χ0n) is 17.8. The zero-order valence-corrected chi connectivity index (χ0v) is 17.8. The summed E-state index contributed by atoms with van der Waals surface area (Å²) in [6.45, 7) is 2.16. The first kappa shape index (κ1) is 21.8. The van der Waals surface area contributed by atoms with Gasteiger partial charge in [0.2, 0.25) is 0 Å². The molecule has 1 aliphatic heterocycles. The van der Waals surface area contributed by atoms with Crippen LogP contribution in [-0.4, -0.2) is 43.7 Å². The van der Waals surface area contributed by atoms with E-state index in [4.69, 9.17) is 13.9 Å². The minimum absolute atomic E-state index is 0.0737. The van der Waals surface area contributed by atoms with Crippen LogP contribution in [0.3, 0.4) is 0 Å². The summed E-state index contributed by atoms with van der Waals surface area (Å²) < 4.78 is 29.5. The molecule has 0 unspecified atom stereocenters. The number of rotatable bonds is 7. The smallest absolute Gasteiger partial charge is 0.336 e. The van der Waals surface area contributed by atoms with Crippen molar-refractivity contribution in [3.8, 4) is 11.5 Å².